The van der Waals surface area contributed by atoms with Crippen LogP contribution in [0.4, 0.5) is 0 Å². The second-order valence-corrected chi connectivity index (χ2v) is 10.7. The lowest BCUT2D eigenvalue weighted by Crippen LogP contribution is -2.48. The quantitative estimate of drug-likeness (QED) is 0.785. The Labute approximate surface area is 130 Å². The van der Waals surface area contributed by atoms with E-state index in [4.69, 9.17) is 5.73 Å². The Morgan fingerprint density at radius 2 is 1.62 bits per heavy atom. The maximum absolute atomic E-state index is 11.6. The highest BCUT2D eigenvalue weighted by molar-refractivity contribution is 7.91. The summed E-state index contributed by atoms with van der Waals surface area (Å²) in [6, 6.07) is 0.202. The predicted molar refractivity (Wildman–Crippen MR) is 86.8 cm³/mol. The summed E-state index contributed by atoms with van der Waals surface area (Å²) in [5.74, 6) is 3.51. The predicted octanol–water partition coefficient (Wildman–Crippen LogP) is 3.14. The lowest BCUT2D eigenvalue weighted by atomic mass is 9.48. The first-order chi connectivity index (χ1) is 9.90. The van der Waals surface area contributed by atoms with Gasteiger partial charge in [0.15, 0.2) is 0 Å². The maximum atomic E-state index is 11.6. The SMILES string of the molecule is CCS(=O)(=O)CCCC(N)CC12CC3CC(CC(C3)C1)C2. The molecule has 0 amide bonds. The molecule has 0 saturated heterocycles. The number of hydrogen-bond donors (Lipinski definition) is 1. The van der Waals surface area contributed by atoms with Crippen LogP contribution < -0.4 is 5.73 Å². The maximum Gasteiger partial charge on any atom is 0.150 e. The van der Waals surface area contributed by atoms with Crippen LogP contribution in [0.2, 0.25) is 0 Å². The second-order valence-electron chi connectivity index (χ2n) is 8.26. The fraction of sp³-hybridized carbons (Fsp3) is 1.00. The fourth-order valence-electron chi connectivity index (χ4n) is 5.91. The summed E-state index contributed by atoms with van der Waals surface area (Å²) in [5, 5.41) is 0. The van der Waals surface area contributed by atoms with Crippen LogP contribution in [0.1, 0.15) is 64.7 Å². The summed E-state index contributed by atoms with van der Waals surface area (Å²) >= 11 is 0. The Hall–Kier alpha value is -0.0900. The highest BCUT2D eigenvalue weighted by atomic mass is 32.2. The number of hydrogen-bond acceptors (Lipinski definition) is 3. The highest BCUT2D eigenvalue weighted by Gasteiger charge is 2.50. The Kier molecular flexibility index (Phi) is 4.39. The summed E-state index contributed by atoms with van der Waals surface area (Å²) in [6.45, 7) is 1.73. The minimum Gasteiger partial charge on any atom is -0.328 e. The second kappa shape index (κ2) is 5.84. The van der Waals surface area contributed by atoms with Gasteiger partial charge in [-0.15, -0.1) is 0 Å². The lowest BCUT2D eigenvalue weighted by Gasteiger charge is -2.57. The molecule has 2 N–H and O–H groups in total. The lowest BCUT2D eigenvalue weighted by molar-refractivity contribution is -0.0606. The van der Waals surface area contributed by atoms with Crippen molar-refractivity contribution in [3.63, 3.8) is 0 Å². The van der Waals surface area contributed by atoms with Crippen LogP contribution in [0.5, 0.6) is 0 Å². The molecular weight excluding hydrogens is 282 g/mol. The summed E-state index contributed by atoms with van der Waals surface area (Å²) in [6.07, 6.45) is 11.4. The highest BCUT2D eigenvalue weighted by Crippen LogP contribution is 2.61. The summed E-state index contributed by atoms with van der Waals surface area (Å²) < 4.78 is 23.1. The average Bonchev–Trinajstić information content (AvgIpc) is 2.36. The standard InChI is InChI=1S/C17H31NO2S/c1-2-21(19,20)5-3-4-16(18)12-17-9-13-6-14(10-17)8-15(7-13)11-17/h13-16H,2-12,18H2,1H3. The van der Waals surface area contributed by atoms with Gasteiger partial charge in [0, 0.05) is 11.8 Å². The monoisotopic (exact) mass is 313 g/mol. The molecule has 4 fully saturated rings. The Balaban J connectivity index is 1.50. The zero-order valence-corrected chi connectivity index (χ0v) is 14.2. The van der Waals surface area contributed by atoms with E-state index < -0.39 is 9.84 Å². The van der Waals surface area contributed by atoms with Crippen molar-refractivity contribution < 1.29 is 8.42 Å². The first-order valence-electron chi connectivity index (χ1n) is 8.86. The van der Waals surface area contributed by atoms with E-state index in [1.807, 2.05) is 0 Å². The van der Waals surface area contributed by atoms with Crippen molar-refractivity contribution >= 4 is 9.84 Å². The third kappa shape index (κ3) is 3.64. The van der Waals surface area contributed by atoms with E-state index >= 15 is 0 Å². The molecule has 0 aromatic heterocycles. The van der Waals surface area contributed by atoms with Crippen molar-refractivity contribution in [1.82, 2.24) is 0 Å². The normalized spacial score (nSPS) is 39.6. The number of rotatable bonds is 7. The molecule has 0 aliphatic heterocycles. The average molecular weight is 314 g/mol. The molecule has 4 bridgehead atoms. The molecule has 4 aliphatic rings. The molecule has 4 aliphatic carbocycles. The van der Waals surface area contributed by atoms with Gasteiger partial charge >= 0.3 is 0 Å². The molecule has 1 atom stereocenters. The van der Waals surface area contributed by atoms with Crippen LogP contribution in [-0.4, -0.2) is 26.0 Å². The van der Waals surface area contributed by atoms with Gasteiger partial charge in [-0.1, -0.05) is 6.92 Å². The Bertz CT molecular complexity index is 436. The molecule has 0 radical (unpaired) electrons. The molecule has 0 aromatic carbocycles. The molecule has 0 spiro atoms. The van der Waals surface area contributed by atoms with Gasteiger partial charge in [-0.25, -0.2) is 8.42 Å². The zero-order valence-electron chi connectivity index (χ0n) is 13.4. The zero-order chi connectivity index (χ0) is 15.1. The first-order valence-corrected chi connectivity index (χ1v) is 10.7. The Morgan fingerprint density at radius 3 is 2.10 bits per heavy atom. The fourth-order valence-corrected chi connectivity index (χ4v) is 6.80. The van der Waals surface area contributed by atoms with Crippen LogP contribution in [0, 0.1) is 23.2 Å². The van der Waals surface area contributed by atoms with Crippen molar-refractivity contribution in [2.45, 2.75) is 70.8 Å². The van der Waals surface area contributed by atoms with Crippen LogP contribution in [-0.2, 0) is 9.84 Å². The van der Waals surface area contributed by atoms with Crippen LogP contribution in [0.3, 0.4) is 0 Å². The molecule has 4 rings (SSSR count). The number of nitrogens with two attached hydrogens (primary N) is 1. The minimum absolute atomic E-state index is 0.202. The number of sulfone groups is 1. The van der Waals surface area contributed by atoms with E-state index in [1.54, 1.807) is 6.92 Å². The molecule has 0 heterocycles. The van der Waals surface area contributed by atoms with Gasteiger partial charge in [0.25, 0.3) is 0 Å². The molecule has 1 unspecified atom stereocenters. The smallest absolute Gasteiger partial charge is 0.150 e. The topological polar surface area (TPSA) is 60.2 Å². The minimum atomic E-state index is -2.82. The van der Waals surface area contributed by atoms with Gasteiger partial charge in [0.05, 0.1) is 5.75 Å². The molecule has 0 aromatic rings. The Morgan fingerprint density at radius 1 is 1.10 bits per heavy atom. The molecule has 4 saturated carbocycles. The van der Waals surface area contributed by atoms with Crippen molar-refractivity contribution in [2.24, 2.45) is 28.9 Å². The van der Waals surface area contributed by atoms with E-state index in [-0.39, 0.29) is 11.8 Å². The first kappa shape index (κ1) is 15.8. The van der Waals surface area contributed by atoms with Gasteiger partial charge in [0.1, 0.15) is 9.84 Å². The van der Waals surface area contributed by atoms with Crippen molar-refractivity contribution in [3.8, 4) is 0 Å². The molecule has 122 valence electrons. The van der Waals surface area contributed by atoms with Crippen LogP contribution in [0.15, 0.2) is 0 Å². The van der Waals surface area contributed by atoms with Gasteiger partial charge in [-0.05, 0) is 81.0 Å². The van der Waals surface area contributed by atoms with Crippen molar-refractivity contribution in [2.75, 3.05) is 11.5 Å². The van der Waals surface area contributed by atoms with Crippen LogP contribution >= 0.6 is 0 Å². The molecule has 4 heteroatoms. The van der Waals surface area contributed by atoms with Gasteiger partial charge in [0.2, 0.25) is 0 Å². The van der Waals surface area contributed by atoms with Crippen LogP contribution in [0.25, 0.3) is 0 Å². The third-order valence-electron chi connectivity index (χ3n) is 6.33. The van der Waals surface area contributed by atoms with E-state index in [0.717, 1.165) is 37.0 Å². The van der Waals surface area contributed by atoms with E-state index in [9.17, 15) is 8.42 Å². The molecule has 21 heavy (non-hydrogen) atoms. The van der Waals surface area contributed by atoms with Gasteiger partial charge in [-0.3, -0.25) is 0 Å². The van der Waals surface area contributed by atoms with E-state index in [2.05, 4.69) is 0 Å². The van der Waals surface area contributed by atoms with Gasteiger partial charge in [-0.2, -0.15) is 0 Å². The molecular formula is C17H31NO2S. The van der Waals surface area contributed by atoms with E-state index in [0.29, 0.717) is 11.2 Å². The molecule has 3 nitrogen and oxygen atoms in total. The third-order valence-corrected chi connectivity index (χ3v) is 8.12. The van der Waals surface area contributed by atoms with Crippen molar-refractivity contribution in [3.05, 3.63) is 0 Å². The van der Waals surface area contributed by atoms with Crippen molar-refractivity contribution in [1.29, 1.82) is 0 Å². The van der Waals surface area contributed by atoms with E-state index in [1.165, 1.54) is 38.5 Å². The largest absolute Gasteiger partial charge is 0.328 e. The summed E-state index contributed by atoms with van der Waals surface area (Å²) in [5.41, 5.74) is 6.90. The summed E-state index contributed by atoms with van der Waals surface area (Å²) in [4.78, 5) is 0. The van der Waals surface area contributed by atoms with Gasteiger partial charge < -0.3 is 5.73 Å². The summed E-state index contributed by atoms with van der Waals surface area (Å²) in [7, 11) is -2.82.